The quantitative estimate of drug-likeness (QED) is 0.919. The van der Waals surface area contributed by atoms with Crippen molar-refractivity contribution in [2.24, 2.45) is 7.05 Å². The summed E-state index contributed by atoms with van der Waals surface area (Å²) >= 11 is 0. The van der Waals surface area contributed by atoms with Gasteiger partial charge in [0, 0.05) is 25.2 Å². The first kappa shape index (κ1) is 15.4. The zero-order valence-corrected chi connectivity index (χ0v) is 12.9. The van der Waals surface area contributed by atoms with Crippen LogP contribution in [-0.2, 0) is 20.2 Å². The maximum Gasteiger partial charge on any atom is 0.164 e. The van der Waals surface area contributed by atoms with Crippen molar-refractivity contribution in [1.29, 1.82) is 0 Å². The Morgan fingerprint density at radius 1 is 1.29 bits per heavy atom. The lowest BCUT2D eigenvalue weighted by atomic mass is 10.1. The number of halogens is 1. The average molecular weight is 292 g/mol. The third-order valence-electron chi connectivity index (χ3n) is 2.93. The van der Waals surface area contributed by atoms with E-state index in [0.717, 1.165) is 5.56 Å². The first-order valence-corrected chi connectivity index (χ1v) is 6.84. The summed E-state index contributed by atoms with van der Waals surface area (Å²) in [6, 6.07) is 4.71. The number of aryl methyl sites for hydroxylation is 1. The second-order valence-corrected chi connectivity index (χ2v) is 5.99. The highest BCUT2D eigenvalue weighted by Gasteiger charge is 2.10. The fourth-order valence-electron chi connectivity index (χ4n) is 1.77. The van der Waals surface area contributed by atoms with Gasteiger partial charge in [-0.15, -0.1) is 0 Å². The van der Waals surface area contributed by atoms with Gasteiger partial charge in [0.15, 0.2) is 5.82 Å². The van der Waals surface area contributed by atoms with E-state index in [1.807, 2.05) is 6.07 Å². The number of hydrogen-bond donors (Lipinski definition) is 1. The van der Waals surface area contributed by atoms with Crippen LogP contribution in [-0.4, -0.2) is 20.3 Å². The van der Waals surface area contributed by atoms with Crippen LogP contribution >= 0.6 is 0 Å². The molecule has 1 N–H and O–H groups in total. The Balaban J connectivity index is 2.03. The SMILES string of the molecule is Cn1ncnc1COc1cc(F)cc(CNC(C)(C)C)c1. The van der Waals surface area contributed by atoms with Crippen LogP contribution in [0.15, 0.2) is 24.5 Å². The molecule has 0 amide bonds. The van der Waals surface area contributed by atoms with Gasteiger partial charge in [0.1, 0.15) is 24.5 Å². The summed E-state index contributed by atoms with van der Waals surface area (Å²) in [5.74, 6) is 0.869. The van der Waals surface area contributed by atoms with Crippen molar-refractivity contribution in [3.63, 3.8) is 0 Å². The van der Waals surface area contributed by atoms with E-state index in [4.69, 9.17) is 4.74 Å². The molecule has 1 aromatic heterocycles. The van der Waals surface area contributed by atoms with Crippen molar-refractivity contribution >= 4 is 0 Å². The normalized spacial score (nSPS) is 11.7. The number of ether oxygens (including phenoxy) is 1. The molecule has 0 radical (unpaired) electrons. The molecule has 0 atom stereocenters. The van der Waals surface area contributed by atoms with Crippen LogP contribution in [0.1, 0.15) is 32.2 Å². The third-order valence-corrected chi connectivity index (χ3v) is 2.93. The second kappa shape index (κ2) is 6.22. The molecule has 0 unspecified atom stereocenters. The Hall–Kier alpha value is -1.95. The summed E-state index contributed by atoms with van der Waals surface area (Å²) in [5.41, 5.74) is 0.823. The molecule has 21 heavy (non-hydrogen) atoms. The molecule has 2 aromatic rings. The lowest BCUT2D eigenvalue weighted by Gasteiger charge is -2.20. The van der Waals surface area contributed by atoms with Gasteiger partial charge in [-0.1, -0.05) is 0 Å². The molecular weight excluding hydrogens is 271 g/mol. The van der Waals surface area contributed by atoms with Gasteiger partial charge in [0.25, 0.3) is 0 Å². The minimum Gasteiger partial charge on any atom is -0.486 e. The molecular formula is C15H21FN4O. The number of rotatable bonds is 5. The molecule has 1 aromatic carbocycles. The van der Waals surface area contributed by atoms with Gasteiger partial charge in [-0.25, -0.2) is 9.37 Å². The minimum absolute atomic E-state index is 0.0219. The van der Waals surface area contributed by atoms with Crippen LogP contribution in [0, 0.1) is 5.82 Å². The van der Waals surface area contributed by atoms with Crippen molar-refractivity contribution in [2.45, 2.75) is 39.5 Å². The second-order valence-electron chi connectivity index (χ2n) is 5.99. The van der Waals surface area contributed by atoms with Crippen molar-refractivity contribution in [3.8, 4) is 5.75 Å². The smallest absolute Gasteiger partial charge is 0.164 e. The van der Waals surface area contributed by atoms with Crippen LogP contribution in [0.2, 0.25) is 0 Å². The predicted molar refractivity (Wildman–Crippen MR) is 78.3 cm³/mol. The van der Waals surface area contributed by atoms with E-state index in [2.05, 4.69) is 36.2 Å². The Kier molecular flexibility index (Phi) is 4.57. The highest BCUT2D eigenvalue weighted by atomic mass is 19.1. The van der Waals surface area contributed by atoms with E-state index in [1.54, 1.807) is 11.7 Å². The van der Waals surface area contributed by atoms with Crippen LogP contribution in [0.3, 0.4) is 0 Å². The van der Waals surface area contributed by atoms with E-state index in [1.165, 1.54) is 18.5 Å². The molecule has 0 spiro atoms. The molecule has 0 saturated heterocycles. The topological polar surface area (TPSA) is 52.0 Å². The standard InChI is InChI=1S/C15H21FN4O/c1-15(2,3)18-8-11-5-12(16)7-13(6-11)21-9-14-17-10-19-20(14)4/h5-7,10,18H,8-9H2,1-4H3. The maximum atomic E-state index is 13.7. The van der Waals surface area contributed by atoms with Crippen LogP contribution in [0.4, 0.5) is 4.39 Å². The Labute approximate surface area is 124 Å². The zero-order chi connectivity index (χ0) is 15.5. The summed E-state index contributed by atoms with van der Waals surface area (Å²) in [7, 11) is 1.79. The molecule has 0 bridgehead atoms. The Morgan fingerprint density at radius 2 is 2.05 bits per heavy atom. The fraction of sp³-hybridized carbons (Fsp3) is 0.467. The van der Waals surface area contributed by atoms with Gasteiger partial charge in [0.05, 0.1) is 0 Å². The molecule has 0 aliphatic rings. The summed E-state index contributed by atoms with van der Waals surface area (Å²) in [4.78, 5) is 4.07. The number of aromatic nitrogens is 3. The van der Waals surface area contributed by atoms with E-state index < -0.39 is 0 Å². The molecule has 5 nitrogen and oxygen atoms in total. The highest BCUT2D eigenvalue weighted by molar-refractivity contribution is 5.29. The molecule has 0 saturated carbocycles. The van der Waals surface area contributed by atoms with E-state index in [-0.39, 0.29) is 18.0 Å². The van der Waals surface area contributed by atoms with Gasteiger partial charge in [-0.2, -0.15) is 5.10 Å². The lowest BCUT2D eigenvalue weighted by Crippen LogP contribution is -2.35. The molecule has 114 valence electrons. The summed E-state index contributed by atoms with van der Waals surface area (Å²) in [6.07, 6.45) is 1.46. The fourth-order valence-corrected chi connectivity index (χ4v) is 1.77. The number of nitrogens with zero attached hydrogens (tertiary/aromatic N) is 3. The van der Waals surface area contributed by atoms with Crippen molar-refractivity contribution in [2.75, 3.05) is 0 Å². The maximum absolute atomic E-state index is 13.7. The van der Waals surface area contributed by atoms with Crippen molar-refractivity contribution < 1.29 is 9.13 Å². The molecule has 6 heteroatoms. The number of hydrogen-bond acceptors (Lipinski definition) is 4. The first-order valence-electron chi connectivity index (χ1n) is 6.84. The Bertz CT molecular complexity index is 604. The molecule has 2 rings (SSSR count). The number of nitrogens with one attached hydrogen (secondary N) is 1. The zero-order valence-electron chi connectivity index (χ0n) is 12.9. The monoisotopic (exact) mass is 292 g/mol. The molecule has 0 aliphatic carbocycles. The van der Waals surface area contributed by atoms with E-state index >= 15 is 0 Å². The largest absolute Gasteiger partial charge is 0.486 e. The molecule has 0 fully saturated rings. The van der Waals surface area contributed by atoms with Crippen molar-refractivity contribution in [3.05, 3.63) is 41.7 Å². The van der Waals surface area contributed by atoms with Crippen LogP contribution in [0.5, 0.6) is 5.75 Å². The van der Waals surface area contributed by atoms with Gasteiger partial charge >= 0.3 is 0 Å². The lowest BCUT2D eigenvalue weighted by molar-refractivity contribution is 0.288. The summed E-state index contributed by atoms with van der Waals surface area (Å²) < 4.78 is 20.9. The summed E-state index contributed by atoms with van der Waals surface area (Å²) in [5, 5.41) is 7.28. The van der Waals surface area contributed by atoms with Gasteiger partial charge in [0.2, 0.25) is 0 Å². The van der Waals surface area contributed by atoms with Gasteiger partial charge in [-0.05, 0) is 38.5 Å². The first-order chi connectivity index (χ1) is 9.83. The Morgan fingerprint density at radius 3 is 2.67 bits per heavy atom. The van der Waals surface area contributed by atoms with Gasteiger partial charge < -0.3 is 10.1 Å². The van der Waals surface area contributed by atoms with E-state index in [9.17, 15) is 4.39 Å². The molecule has 1 heterocycles. The predicted octanol–water partition coefficient (Wildman–Crippen LogP) is 2.42. The summed E-state index contributed by atoms with van der Waals surface area (Å²) in [6.45, 7) is 7.04. The third kappa shape index (κ3) is 4.82. The van der Waals surface area contributed by atoms with Gasteiger partial charge in [-0.3, -0.25) is 4.68 Å². The molecule has 0 aliphatic heterocycles. The van der Waals surface area contributed by atoms with E-state index in [0.29, 0.717) is 18.1 Å². The minimum atomic E-state index is -0.309. The van der Waals surface area contributed by atoms with Crippen molar-refractivity contribution in [1.82, 2.24) is 20.1 Å². The highest BCUT2D eigenvalue weighted by Crippen LogP contribution is 2.18. The van der Waals surface area contributed by atoms with Crippen LogP contribution in [0.25, 0.3) is 0 Å². The van der Waals surface area contributed by atoms with Crippen LogP contribution < -0.4 is 10.1 Å². The average Bonchev–Trinajstić information content (AvgIpc) is 2.78. The number of benzene rings is 1.